The summed E-state index contributed by atoms with van der Waals surface area (Å²) in [4.78, 5) is 25.1. The fourth-order valence-electron chi connectivity index (χ4n) is 5.59. The molecule has 3 N–H and O–H groups in total. The van der Waals surface area contributed by atoms with Crippen molar-refractivity contribution in [1.29, 1.82) is 0 Å². The standard InChI is InChI=1S/C29H36N6O3/c1-29(2,37)24-10-9-18-13-22(35(26(18)32-24)15-17-7-8-17)27-31-21-12-19(14-23(38-4)25(21)33(27)3)28(36)34-11-5-6-20(30)16-34/h9-10,12-14,17,20,37H,5-8,11,15-16,30H2,1-4H3. The number of nitrogens with two attached hydrogens (primary N) is 1. The normalized spacial score (nSPS) is 18.5. The van der Waals surface area contributed by atoms with Gasteiger partial charge in [0.15, 0.2) is 5.82 Å². The lowest BCUT2D eigenvalue weighted by molar-refractivity contribution is 0.0707. The molecule has 0 spiro atoms. The van der Waals surface area contributed by atoms with Crippen LogP contribution in [0.5, 0.6) is 5.75 Å². The lowest BCUT2D eigenvalue weighted by Gasteiger charge is -2.30. The Morgan fingerprint density at radius 1 is 1.18 bits per heavy atom. The number of methoxy groups -OCH3 is 1. The van der Waals surface area contributed by atoms with Gasteiger partial charge in [-0.25, -0.2) is 9.97 Å². The van der Waals surface area contributed by atoms with Crippen molar-refractivity contribution in [3.05, 3.63) is 41.6 Å². The van der Waals surface area contributed by atoms with E-state index in [1.807, 2.05) is 40.8 Å². The van der Waals surface area contributed by atoms with Crippen molar-refractivity contribution in [2.75, 3.05) is 20.2 Å². The molecule has 1 aliphatic heterocycles. The van der Waals surface area contributed by atoms with E-state index in [9.17, 15) is 9.90 Å². The molecule has 1 amide bonds. The summed E-state index contributed by atoms with van der Waals surface area (Å²) in [5.41, 5.74) is 9.66. The number of carbonyl (C=O) groups is 1. The third-order valence-corrected chi connectivity index (χ3v) is 7.88. The summed E-state index contributed by atoms with van der Waals surface area (Å²) in [5.74, 6) is 1.96. The number of aromatic nitrogens is 4. The number of piperidine rings is 1. The fourth-order valence-corrected chi connectivity index (χ4v) is 5.59. The Hall–Kier alpha value is -3.43. The summed E-state index contributed by atoms with van der Waals surface area (Å²) >= 11 is 0. The van der Waals surface area contributed by atoms with Gasteiger partial charge in [0.1, 0.15) is 22.5 Å². The number of carbonyl (C=O) groups excluding carboxylic acids is 1. The minimum atomic E-state index is -1.03. The van der Waals surface area contributed by atoms with Crippen LogP contribution in [0.2, 0.25) is 0 Å². The minimum Gasteiger partial charge on any atom is -0.494 e. The van der Waals surface area contributed by atoms with Gasteiger partial charge in [-0.05, 0) is 75.8 Å². The largest absolute Gasteiger partial charge is 0.494 e. The predicted octanol–water partition coefficient (Wildman–Crippen LogP) is 3.80. The van der Waals surface area contributed by atoms with Gasteiger partial charge in [-0.15, -0.1) is 0 Å². The highest BCUT2D eigenvalue weighted by atomic mass is 16.5. The molecule has 1 aliphatic carbocycles. The Balaban J connectivity index is 1.49. The maximum Gasteiger partial charge on any atom is 0.254 e. The third kappa shape index (κ3) is 4.33. The summed E-state index contributed by atoms with van der Waals surface area (Å²) in [6.07, 6.45) is 4.25. The predicted molar refractivity (Wildman–Crippen MR) is 147 cm³/mol. The van der Waals surface area contributed by atoms with E-state index < -0.39 is 5.60 Å². The van der Waals surface area contributed by atoms with E-state index in [0.717, 1.165) is 47.5 Å². The Kier molecular flexibility index (Phi) is 5.96. The number of hydrogen-bond donors (Lipinski definition) is 2. The summed E-state index contributed by atoms with van der Waals surface area (Å²) < 4.78 is 10.0. The quantitative estimate of drug-likeness (QED) is 0.403. The first-order valence-corrected chi connectivity index (χ1v) is 13.5. The average Bonchev–Trinajstić information content (AvgIpc) is 3.56. The van der Waals surface area contributed by atoms with Crippen LogP contribution in [0.1, 0.15) is 55.6 Å². The van der Waals surface area contributed by atoms with Crippen LogP contribution >= 0.6 is 0 Å². The number of nitrogens with zero attached hydrogens (tertiary/aromatic N) is 5. The number of ether oxygens (including phenoxy) is 1. The topological polar surface area (TPSA) is 111 Å². The van der Waals surface area contributed by atoms with E-state index in [0.29, 0.717) is 41.5 Å². The lowest BCUT2D eigenvalue weighted by Crippen LogP contribution is -2.45. The van der Waals surface area contributed by atoms with Crippen LogP contribution in [-0.2, 0) is 19.2 Å². The molecule has 0 bridgehead atoms. The highest BCUT2D eigenvalue weighted by molar-refractivity contribution is 6.00. The van der Waals surface area contributed by atoms with Crippen LogP contribution in [0.4, 0.5) is 0 Å². The molecule has 9 heteroatoms. The summed E-state index contributed by atoms with van der Waals surface area (Å²) in [6, 6.07) is 9.71. The van der Waals surface area contributed by atoms with Crippen molar-refractivity contribution in [1.82, 2.24) is 24.0 Å². The Morgan fingerprint density at radius 3 is 2.66 bits per heavy atom. The van der Waals surface area contributed by atoms with Gasteiger partial charge in [0.05, 0.1) is 24.0 Å². The van der Waals surface area contributed by atoms with Crippen LogP contribution in [0.3, 0.4) is 0 Å². The first-order valence-electron chi connectivity index (χ1n) is 13.5. The molecular formula is C29H36N6O3. The number of benzene rings is 1. The second kappa shape index (κ2) is 9.10. The lowest BCUT2D eigenvalue weighted by atomic mass is 10.0. The molecule has 3 aromatic heterocycles. The SMILES string of the molecule is COc1cc(C(=O)N2CCCC(N)C2)cc2nc(-c3cc4ccc(C(C)(C)O)nc4n3CC3CC3)n(C)c12. The molecule has 38 heavy (non-hydrogen) atoms. The molecule has 4 heterocycles. The third-order valence-electron chi connectivity index (χ3n) is 7.88. The van der Waals surface area contributed by atoms with Crippen molar-refractivity contribution < 1.29 is 14.6 Å². The van der Waals surface area contributed by atoms with Crippen LogP contribution in [0.25, 0.3) is 33.6 Å². The van der Waals surface area contributed by atoms with Crippen LogP contribution < -0.4 is 10.5 Å². The number of hydrogen-bond acceptors (Lipinski definition) is 6. The van der Waals surface area contributed by atoms with Gasteiger partial charge in [-0.1, -0.05) is 0 Å². The molecule has 1 aromatic carbocycles. The molecule has 2 aliphatic rings. The zero-order valence-electron chi connectivity index (χ0n) is 22.6. The fraction of sp³-hybridized carbons (Fsp3) is 0.483. The molecule has 0 radical (unpaired) electrons. The van der Waals surface area contributed by atoms with E-state index in [-0.39, 0.29) is 11.9 Å². The van der Waals surface area contributed by atoms with Crippen molar-refractivity contribution in [2.45, 2.75) is 57.7 Å². The number of aryl methyl sites for hydroxylation is 1. The van der Waals surface area contributed by atoms with Gasteiger partial charge in [0.25, 0.3) is 5.91 Å². The van der Waals surface area contributed by atoms with Gasteiger partial charge in [-0.3, -0.25) is 4.79 Å². The van der Waals surface area contributed by atoms with Crippen LogP contribution in [0.15, 0.2) is 30.3 Å². The highest BCUT2D eigenvalue weighted by Gasteiger charge is 2.29. The summed E-state index contributed by atoms with van der Waals surface area (Å²) in [7, 11) is 3.60. The maximum atomic E-state index is 13.4. The van der Waals surface area contributed by atoms with Gasteiger partial charge in [-0.2, -0.15) is 0 Å². The van der Waals surface area contributed by atoms with Crippen molar-refractivity contribution in [3.63, 3.8) is 0 Å². The Bertz CT molecular complexity index is 1540. The van der Waals surface area contributed by atoms with Crippen LogP contribution in [-0.4, -0.2) is 61.3 Å². The van der Waals surface area contributed by atoms with Crippen molar-refractivity contribution in [3.8, 4) is 17.3 Å². The van der Waals surface area contributed by atoms with E-state index >= 15 is 0 Å². The van der Waals surface area contributed by atoms with Gasteiger partial charge in [0.2, 0.25) is 0 Å². The maximum absolute atomic E-state index is 13.4. The number of rotatable bonds is 6. The summed E-state index contributed by atoms with van der Waals surface area (Å²) in [6.45, 7) is 5.63. The number of likely N-dealkylation sites (tertiary alicyclic amines) is 1. The van der Waals surface area contributed by atoms with E-state index in [1.54, 1.807) is 21.0 Å². The Morgan fingerprint density at radius 2 is 1.97 bits per heavy atom. The first-order chi connectivity index (χ1) is 18.1. The number of pyridine rings is 1. The monoisotopic (exact) mass is 516 g/mol. The number of aliphatic hydroxyl groups is 1. The van der Waals surface area contributed by atoms with E-state index in [2.05, 4.69) is 10.6 Å². The molecule has 1 unspecified atom stereocenters. The number of amides is 1. The molecule has 2 fully saturated rings. The molecule has 1 atom stereocenters. The zero-order valence-corrected chi connectivity index (χ0v) is 22.6. The van der Waals surface area contributed by atoms with Crippen molar-refractivity contribution in [2.24, 2.45) is 18.7 Å². The van der Waals surface area contributed by atoms with Gasteiger partial charge < -0.3 is 29.6 Å². The first kappa shape index (κ1) is 24.9. The van der Waals surface area contributed by atoms with Gasteiger partial charge >= 0.3 is 0 Å². The second-order valence-corrected chi connectivity index (χ2v) is 11.4. The molecule has 1 saturated carbocycles. The minimum absolute atomic E-state index is 0.0127. The smallest absolute Gasteiger partial charge is 0.254 e. The molecule has 9 nitrogen and oxygen atoms in total. The van der Waals surface area contributed by atoms with E-state index in [4.69, 9.17) is 20.4 Å². The zero-order chi connectivity index (χ0) is 26.8. The number of imidazole rings is 1. The Labute approximate surface area is 222 Å². The molecule has 1 saturated heterocycles. The van der Waals surface area contributed by atoms with Crippen LogP contribution in [0, 0.1) is 5.92 Å². The molecule has 200 valence electrons. The molecule has 6 rings (SSSR count). The molecule has 4 aromatic rings. The second-order valence-electron chi connectivity index (χ2n) is 11.4. The highest BCUT2D eigenvalue weighted by Crippen LogP contribution is 2.38. The average molecular weight is 517 g/mol. The van der Waals surface area contributed by atoms with Gasteiger partial charge in [0, 0.05) is 43.7 Å². The summed E-state index contributed by atoms with van der Waals surface area (Å²) in [5, 5.41) is 11.6. The number of fused-ring (bicyclic) bond motifs is 2. The van der Waals surface area contributed by atoms with Crippen molar-refractivity contribution >= 4 is 28.0 Å². The molecular weight excluding hydrogens is 480 g/mol. The van der Waals surface area contributed by atoms with E-state index in [1.165, 1.54) is 12.8 Å².